The molecule has 0 saturated heterocycles. The number of Topliss-reactive ketones (excluding diaryl/α,β-unsaturated/α-hetero) is 1. The van der Waals surface area contributed by atoms with E-state index in [1.165, 1.54) is 0 Å². The molecule has 1 aromatic rings. The first-order valence-corrected chi connectivity index (χ1v) is 3.17. The first kappa shape index (κ1) is 6.99. The molecule has 0 aliphatic carbocycles. The zero-order valence-corrected chi connectivity index (χ0v) is 6.16. The minimum atomic E-state index is 0.154. The molecular weight excluding hydrogens is 128 g/mol. The van der Waals surface area contributed by atoms with Gasteiger partial charge in [-0.05, 0) is 13.8 Å². The Balaban J connectivity index is 2.74. The Morgan fingerprint density at radius 3 is 2.90 bits per heavy atom. The number of hydrogen-bond donors (Lipinski definition) is 0. The maximum atomic E-state index is 10.6. The van der Waals surface area contributed by atoms with E-state index in [2.05, 4.69) is 4.98 Å². The van der Waals surface area contributed by atoms with Gasteiger partial charge in [-0.2, -0.15) is 0 Å². The predicted molar refractivity (Wildman–Crippen MR) is 37.6 cm³/mol. The first-order valence-electron chi connectivity index (χ1n) is 3.17. The Morgan fingerprint density at radius 1 is 1.80 bits per heavy atom. The molecule has 0 bridgehead atoms. The lowest BCUT2D eigenvalue weighted by atomic mass is 10.4. The highest BCUT2D eigenvalue weighted by Gasteiger charge is 1.97. The van der Waals surface area contributed by atoms with E-state index in [4.69, 9.17) is 0 Å². The number of nitrogens with zero attached hydrogens (tertiary/aromatic N) is 2. The molecule has 1 heterocycles. The largest absolute Gasteiger partial charge is 0.328 e. The Morgan fingerprint density at radius 2 is 2.50 bits per heavy atom. The fourth-order valence-corrected chi connectivity index (χ4v) is 0.811. The van der Waals surface area contributed by atoms with Gasteiger partial charge in [0.2, 0.25) is 0 Å². The monoisotopic (exact) mass is 138 g/mol. The molecule has 1 rings (SSSR count). The average Bonchev–Trinajstić information content (AvgIpc) is 2.15. The van der Waals surface area contributed by atoms with Crippen molar-refractivity contribution < 1.29 is 4.79 Å². The average molecular weight is 138 g/mol. The second-order valence-electron chi connectivity index (χ2n) is 2.30. The Labute approximate surface area is 59.7 Å². The highest BCUT2D eigenvalue weighted by atomic mass is 16.1. The highest BCUT2D eigenvalue weighted by molar-refractivity contribution is 5.75. The van der Waals surface area contributed by atoms with E-state index < -0.39 is 0 Å². The molecule has 3 heteroatoms. The van der Waals surface area contributed by atoms with E-state index in [1.807, 2.05) is 11.5 Å². The molecule has 0 radical (unpaired) electrons. The number of hydrogen-bond acceptors (Lipinski definition) is 2. The summed E-state index contributed by atoms with van der Waals surface area (Å²) in [5.41, 5.74) is 0. The summed E-state index contributed by atoms with van der Waals surface area (Å²) in [7, 11) is 0. The van der Waals surface area contributed by atoms with Crippen LogP contribution >= 0.6 is 0 Å². The summed E-state index contributed by atoms with van der Waals surface area (Å²) in [6.07, 6.45) is 3.50. The molecule has 0 atom stereocenters. The summed E-state index contributed by atoms with van der Waals surface area (Å²) >= 11 is 0. The van der Waals surface area contributed by atoms with Gasteiger partial charge in [0.15, 0.2) is 0 Å². The maximum Gasteiger partial charge on any atom is 0.149 e. The molecule has 1 aromatic heterocycles. The van der Waals surface area contributed by atoms with E-state index in [9.17, 15) is 4.79 Å². The smallest absolute Gasteiger partial charge is 0.149 e. The van der Waals surface area contributed by atoms with Crippen LogP contribution in [-0.4, -0.2) is 15.3 Å². The third-order valence-electron chi connectivity index (χ3n) is 1.32. The Kier molecular flexibility index (Phi) is 1.85. The summed E-state index contributed by atoms with van der Waals surface area (Å²) in [5, 5.41) is 0. The van der Waals surface area contributed by atoms with Gasteiger partial charge in [-0.15, -0.1) is 0 Å². The van der Waals surface area contributed by atoms with Crippen LogP contribution in [0.2, 0.25) is 0 Å². The predicted octanol–water partition coefficient (Wildman–Crippen LogP) is 0.781. The van der Waals surface area contributed by atoms with Crippen LogP contribution < -0.4 is 0 Å². The number of carbonyl (C=O) groups excluding carboxylic acids is 1. The van der Waals surface area contributed by atoms with Crippen LogP contribution in [0.3, 0.4) is 0 Å². The van der Waals surface area contributed by atoms with Crippen molar-refractivity contribution in [2.24, 2.45) is 0 Å². The summed E-state index contributed by atoms with van der Waals surface area (Å²) < 4.78 is 1.82. The number of aromatic nitrogens is 2. The number of carbonyl (C=O) groups is 1. The van der Waals surface area contributed by atoms with Crippen molar-refractivity contribution in [1.29, 1.82) is 0 Å². The molecule has 0 saturated carbocycles. The normalized spacial score (nSPS) is 9.80. The van der Waals surface area contributed by atoms with Crippen LogP contribution in [0.25, 0.3) is 0 Å². The lowest BCUT2D eigenvalue weighted by Crippen LogP contribution is -2.06. The van der Waals surface area contributed by atoms with E-state index in [0.29, 0.717) is 6.54 Å². The second-order valence-corrected chi connectivity index (χ2v) is 2.30. The fourth-order valence-electron chi connectivity index (χ4n) is 0.811. The number of rotatable bonds is 2. The fraction of sp³-hybridized carbons (Fsp3) is 0.429. The topological polar surface area (TPSA) is 34.9 Å². The Hall–Kier alpha value is -1.12. The van der Waals surface area contributed by atoms with Gasteiger partial charge in [0.25, 0.3) is 0 Å². The van der Waals surface area contributed by atoms with Crippen LogP contribution in [0.1, 0.15) is 12.7 Å². The second kappa shape index (κ2) is 2.64. The molecule has 54 valence electrons. The van der Waals surface area contributed by atoms with Gasteiger partial charge in [-0.25, -0.2) is 4.98 Å². The quantitative estimate of drug-likeness (QED) is 0.605. The van der Waals surface area contributed by atoms with E-state index >= 15 is 0 Å². The summed E-state index contributed by atoms with van der Waals surface area (Å²) in [4.78, 5) is 14.6. The standard InChI is InChI=1S/C7H10N2O/c1-6(10)5-9-4-3-8-7(9)2/h3-4H,5H2,1-2H3. The van der Waals surface area contributed by atoms with Crippen molar-refractivity contribution in [3.63, 3.8) is 0 Å². The van der Waals surface area contributed by atoms with Crippen LogP contribution in [0, 0.1) is 6.92 Å². The molecule has 0 amide bonds. The van der Waals surface area contributed by atoms with Crippen molar-refractivity contribution in [3.8, 4) is 0 Å². The molecule has 0 unspecified atom stereocenters. The molecule has 0 aliphatic heterocycles. The minimum absolute atomic E-state index is 0.154. The van der Waals surface area contributed by atoms with E-state index in [0.717, 1.165) is 5.82 Å². The van der Waals surface area contributed by atoms with E-state index in [-0.39, 0.29) is 5.78 Å². The Bertz CT molecular complexity index is 240. The summed E-state index contributed by atoms with van der Waals surface area (Å²) in [5.74, 6) is 1.04. The van der Waals surface area contributed by atoms with E-state index in [1.54, 1.807) is 19.3 Å². The van der Waals surface area contributed by atoms with Gasteiger partial charge in [-0.3, -0.25) is 4.79 Å². The number of imidazole rings is 1. The van der Waals surface area contributed by atoms with Gasteiger partial charge in [-0.1, -0.05) is 0 Å². The van der Waals surface area contributed by atoms with Gasteiger partial charge in [0.1, 0.15) is 11.6 Å². The van der Waals surface area contributed by atoms with Crippen molar-refractivity contribution in [2.75, 3.05) is 0 Å². The summed E-state index contributed by atoms with van der Waals surface area (Å²) in [6, 6.07) is 0. The van der Waals surface area contributed by atoms with Crippen LogP contribution in [0.5, 0.6) is 0 Å². The molecule has 3 nitrogen and oxygen atoms in total. The molecule has 0 aliphatic rings. The first-order chi connectivity index (χ1) is 4.70. The van der Waals surface area contributed by atoms with Crippen molar-refractivity contribution in [1.82, 2.24) is 9.55 Å². The van der Waals surface area contributed by atoms with Crippen LogP contribution in [0.4, 0.5) is 0 Å². The third kappa shape index (κ3) is 1.43. The third-order valence-corrected chi connectivity index (χ3v) is 1.32. The lowest BCUT2D eigenvalue weighted by Gasteiger charge is -1.98. The van der Waals surface area contributed by atoms with Crippen molar-refractivity contribution in [2.45, 2.75) is 20.4 Å². The SMILES string of the molecule is CC(=O)Cn1ccnc1C. The van der Waals surface area contributed by atoms with Gasteiger partial charge in [0, 0.05) is 12.4 Å². The molecule has 10 heavy (non-hydrogen) atoms. The highest BCUT2D eigenvalue weighted by Crippen LogP contribution is 1.93. The van der Waals surface area contributed by atoms with Crippen LogP contribution in [0.15, 0.2) is 12.4 Å². The minimum Gasteiger partial charge on any atom is -0.328 e. The molecule has 0 spiro atoms. The summed E-state index contributed by atoms with van der Waals surface area (Å²) in [6.45, 7) is 3.88. The number of aryl methyl sites for hydroxylation is 1. The van der Waals surface area contributed by atoms with Crippen LogP contribution in [-0.2, 0) is 11.3 Å². The van der Waals surface area contributed by atoms with Gasteiger partial charge >= 0.3 is 0 Å². The molecular formula is C7H10N2O. The van der Waals surface area contributed by atoms with Crippen molar-refractivity contribution in [3.05, 3.63) is 18.2 Å². The van der Waals surface area contributed by atoms with Gasteiger partial charge < -0.3 is 4.57 Å². The zero-order valence-electron chi connectivity index (χ0n) is 6.16. The molecule has 0 N–H and O–H groups in total. The van der Waals surface area contributed by atoms with Crippen molar-refractivity contribution >= 4 is 5.78 Å². The zero-order chi connectivity index (χ0) is 7.56. The molecule has 0 fully saturated rings. The van der Waals surface area contributed by atoms with Gasteiger partial charge in [0.05, 0.1) is 6.54 Å². The maximum absolute atomic E-state index is 10.6. The molecule has 0 aromatic carbocycles. The number of ketones is 1. The lowest BCUT2D eigenvalue weighted by molar-refractivity contribution is -0.117.